The Balaban J connectivity index is 1.44. The number of nitriles is 1. The molecule has 1 saturated heterocycles. The smallest absolute Gasteiger partial charge is 0.306 e. The van der Waals surface area contributed by atoms with Crippen LogP contribution in [0.15, 0.2) is 18.6 Å². The molecule has 1 atom stereocenters. The third kappa shape index (κ3) is 4.54. The van der Waals surface area contributed by atoms with Gasteiger partial charge in [-0.3, -0.25) is 4.79 Å². The van der Waals surface area contributed by atoms with E-state index in [0.717, 1.165) is 53.3 Å². The lowest BCUT2D eigenvalue weighted by molar-refractivity contribution is -0.126. The number of hydrogen-bond donors (Lipinski definition) is 1. The van der Waals surface area contributed by atoms with Gasteiger partial charge in [-0.25, -0.2) is 14.3 Å². The zero-order chi connectivity index (χ0) is 23.6. The number of nitrogens with one attached hydrogen (secondary N) is 1. The Morgan fingerprint density at radius 3 is 2.82 bits per heavy atom. The van der Waals surface area contributed by atoms with Crippen LogP contribution < -0.4 is 4.90 Å². The topological polar surface area (TPSA) is 126 Å². The molecule has 178 valence electrons. The lowest BCUT2D eigenvalue weighted by atomic mass is 9.98. The molecule has 1 saturated carbocycles. The average Bonchev–Trinajstić information content (AvgIpc) is 3.38. The Labute approximate surface area is 194 Å². The first-order valence-corrected chi connectivity index (χ1v) is 12.9. The van der Waals surface area contributed by atoms with Crippen LogP contribution in [-0.2, 0) is 15.0 Å². The summed E-state index contributed by atoms with van der Waals surface area (Å²) in [4.78, 5) is 26.6. The van der Waals surface area contributed by atoms with Gasteiger partial charge in [0.15, 0.2) is 0 Å². The fourth-order valence-corrected chi connectivity index (χ4v) is 6.31. The summed E-state index contributed by atoms with van der Waals surface area (Å²) in [5.74, 6) is 0.111. The van der Waals surface area contributed by atoms with Crippen LogP contribution in [0, 0.1) is 17.2 Å². The molecule has 1 amide bonds. The van der Waals surface area contributed by atoms with Crippen molar-refractivity contribution in [2.24, 2.45) is 5.92 Å². The molecule has 1 N–H and O–H groups in total. The number of piperazine rings is 1. The van der Waals surface area contributed by atoms with Crippen molar-refractivity contribution in [1.29, 1.82) is 5.26 Å². The van der Waals surface area contributed by atoms with Gasteiger partial charge < -0.3 is 9.88 Å². The number of anilines is 1. The van der Waals surface area contributed by atoms with E-state index in [-0.39, 0.29) is 18.9 Å². The SMILES string of the molecule is CCCCC(C#N)CCC(=O)N(C)S(=O)(=O)N1CCN(c2ncnc3[nH]ccc23)CC12CC2. The molecule has 0 aromatic carbocycles. The Hall–Kier alpha value is -2.71. The molecule has 1 spiro atoms. The van der Waals surface area contributed by atoms with Gasteiger partial charge in [0.2, 0.25) is 5.91 Å². The maximum Gasteiger partial charge on any atom is 0.306 e. The number of H-pyrrole nitrogens is 1. The van der Waals surface area contributed by atoms with Gasteiger partial charge in [-0.2, -0.15) is 18.0 Å². The third-order valence-corrected chi connectivity index (χ3v) is 8.84. The van der Waals surface area contributed by atoms with E-state index in [4.69, 9.17) is 0 Å². The van der Waals surface area contributed by atoms with E-state index < -0.39 is 21.7 Å². The van der Waals surface area contributed by atoms with Crippen molar-refractivity contribution in [3.05, 3.63) is 18.6 Å². The summed E-state index contributed by atoms with van der Waals surface area (Å²) in [5.41, 5.74) is 0.232. The first kappa shape index (κ1) is 23.4. The van der Waals surface area contributed by atoms with E-state index in [1.54, 1.807) is 0 Å². The van der Waals surface area contributed by atoms with Crippen molar-refractivity contribution in [2.45, 2.75) is 57.4 Å². The van der Waals surface area contributed by atoms with Crippen molar-refractivity contribution in [1.82, 2.24) is 23.6 Å². The molecule has 2 aromatic rings. The van der Waals surface area contributed by atoms with Crippen LogP contribution in [0.4, 0.5) is 5.82 Å². The standard InChI is InChI=1S/C22H31N7O3S/c1-3-4-5-17(14-23)6-7-19(30)27(2)33(31,32)29-13-12-28(15-22(29)9-10-22)21-18-8-11-24-20(18)25-16-26-21/h8,11,16-17H,3-7,9-10,12-13,15H2,1-2H3,(H,24,25,26). The van der Waals surface area contributed by atoms with Gasteiger partial charge in [0, 0.05) is 45.2 Å². The molecule has 1 aliphatic carbocycles. The van der Waals surface area contributed by atoms with Gasteiger partial charge in [0.1, 0.15) is 17.8 Å². The maximum atomic E-state index is 13.4. The molecule has 1 aliphatic heterocycles. The number of amides is 1. The summed E-state index contributed by atoms with van der Waals surface area (Å²) in [6, 6.07) is 4.16. The predicted molar refractivity (Wildman–Crippen MR) is 124 cm³/mol. The minimum absolute atomic E-state index is 0.0526. The van der Waals surface area contributed by atoms with Gasteiger partial charge in [-0.1, -0.05) is 19.8 Å². The molecule has 0 bridgehead atoms. The Morgan fingerprint density at radius 2 is 2.12 bits per heavy atom. The first-order chi connectivity index (χ1) is 15.8. The second kappa shape index (κ2) is 9.27. The lowest BCUT2D eigenvalue weighted by Crippen LogP contribution is -2.60. The van der Waals surface area contributed by atoms with Gasteiger partial charge in [0.05, 0.1) is 17.0 Å². The number of carbonyl (C=O) groups is 1. The minimum atomic E-state index is -3.95. The summed E-state index contributed by atoms with van der Waals surface area (Å²) in [6.07, 6.45) is 7.91. The summed E-state index contributed by atoms with van der Waals surface area (Å²) < 4.78 is 29.2. The largest absolute Gasteiger partial charge is 0.353 e. The Bertz CT molecular complexity index is 1150. The van der Waals surface area contributed by atoms with Gasteiger partial charge in [-0.05, 0) is 31.7 Å². The molecule has 11 heteroatoms. The highest BCUT2D eigenvalue weighted by Crippen LogP contribution is 2.47. The lowest BCUT2D eigenvalue weighted by Gasteiger charge is -2.42. The monoisotopic (exact) mass is 473 g/mol. The van der Waals surface area contributed by atoms with Crippen molar-refractivity contribution in [3.63, 3.8) is 0 Å². The number of rotatable bonds is 9. The van der Waals surface area contributed by atoms with Gasteiger partial charge in [0.25, 0.3) is 0 Å². The number of carbonyl (C=O) groups excluding carboxylic acids is 1. The minimum Gasteiger partial charge on any atom is -0.353 e. The number of fused-ring (bicyclic) bond motifs is 1. The van der Waals surface area contributed by atoms with Crippen LogP contribution >= 0.6 is 0 Å². The highest BCUT2D eigenvalue weighted by molar-refractivity contribution is 7.87. The molecule has 2 aliphatic rings. The molecule has 3 heterocycles. The van der Waals surface area contributed by atoms with Gasteiger partial charge in [-0.15, -0.1) is 0 Å². The molecule has 1 unspecified atom stereocenters. The summed E-state index contributed by atoms with van der Waals surface area (Å²) in [7, 11) is -2.61. The number of hydrogen-bond acceptors (Lipinski definition) is 7. The van der Waals surface area contributed by atoms with E-state index in [0.29, 0.717) is 19.5 Å². The molecular weight excluding hydrogens is 442 g/mol. The first-order valence-electron chi connectivity index (χ1n) is 11.5. The van der Waals surface area contributed by atoms with Crippen molar-refractivity contribution in [3.8, 4) is 6.07 Å². The zero-order valence-electron chi connectivity index (χ0n) is 19.2. The quantitative estimate of drug-likeness (QED) is 0.593. The number of aromatic amines is 1. The normalized spacial score (nSPS) is 18.9. The highest BCUT2D eigenvalue weighted by Gasteiger charge is 2.57. The van der Waals surface area contributed by atoms with Crippen LogP contribution in [0.3, 0.4) is 0 Å². The fourth-order valence-electron chi connectivity index (χ4n) is 4.62. The van der Waals surface area contributed by atoms with E-state index in [9.17, 15) is 18.5 Å². The molecule has 10 nitrogen and oxygen atoms in total. The molecule has 0 radical (unpaired) electrons. The van der Waals surface area contributed by atoms with Crippen LogP contribution in [-0.4, -0.2) is 70.1 Å². The maximum absolute atomic E-state index is 13.4. The molecule has 33 heavy (non-hydrogen) atoms. The predicted octanol–water partition coefficient (Wildman–Crippen LogP) is 2.43. The van der Waals surface area contributed by atoms with E-state index in [1.807, 2.05) is 12.3 Å². The zero-order valence-corrected chi connectivity index (χ0v) is 20.0. The van der Waals surface area contributed by atoms with Crippen LogP contribution in [0.2, 0.25) is 0 Å². The number of unbranched alkanes of at least 4 members (excludes halogenated alkanes) is 1. The van der Waals surface area contributed by atoms with Crippen LogP contribution in [0.1, 0.15) is 51.9 Å². The van der Waals surface area contributed by atoms with Crippen molar-refractivity contribution >= 4 is 33.0 Å². The van der Waals surface area contributed by atoms with Crippen LogP contribution in [0.5, 0.6) is 0 Å². The Morgan fingerprint density at radius 1 is 1.33 bits per heavy atom. The fraction of sp³-hybridized carbons (Fsp3) is 0.636. The third-order valence-electron chi connectivity index (χ3n) is 6.82. The summed E-state index contributed by atoms with van der Waals surface area (Å²) in [5, 5.41) is 10.2. The average molecular weight is 474 g/mol. The molecule has 4 rings (SSSR count). The van der Waals surface area contributed by atoms with Crippen molar-refractivity contribution in [2.75, 3.05) is 31.6 Å². The van der Waals surface area contributed by atoms with Gasteiger partial charge >= 0.3 is 10.2 Å². The van der Waals surface area contributed by atoms with E-state index in [1.165, 1.54) is 17.7 Å². The molecule has 2 fully saturated rings. The summed E-state index contributed by atoms with van der Waals surface area (Å²) >= 11 is 0. The van der Waals surface area contributed by atoms with E-state index in [2.05, 4.69) is 32.8 Å². The number of nitrogens with zero attached hydrogens (tertiary/aromatic N) is 6. The van der Waals surface area contributed by atoms with Crippen molar-refractivity contribution < 1.29 is 13.2 Å². The highest BCUT2D eigenvalue weighted by atomic mass is 32.2. The molecule has 2 aromatic heterocycles. The van der Waals surface area contributed by atoms with Crippen LogP contribution in [0.25, 0.3) is 11.0 Å². The number of aromatic nitrogens is 3. The van der Waals surface area contributed by atoms with E-state index >= 15 is 0 Å². The second-order valence-electron chi connectivity index (χ2n) is 9.03. The molecular formula is C22H31N7O3S. The summed E-state index contributed by atoms with van der Waals surface area (Å²) in [6.45, 7) is 3.35. The second-order valence-corrected chi connectivity index (χ2v) is 10.9. The Kier molecular flexibility index (Phi) is 6.59.